The van der Waals surface area contributed by atoms with E-state index >= 15 is 4.79 Å². The summed E-state index contributed by atoms with van der Waals surface area (Å²) in [6.45, 7) is 12.2. The summed E-state index contributed by atoms with van der Waals surface area (Å²) in [7, 11) is 0.913. The van der Waals surface area contributed by atoms with Crippen LogP contribution in [0.3, 0.4) is 0 Å². The summed E-state index contributed by atoms with van der Waals surface area (Å²) < 4.78 is 33.8. The van der Waals surface area contributed by atoms with Crippen molar-refractivity contribution in [2.45, 2.75) is 76.9 Å². The number of halogens is 2. The molecule has 262 valence electrons. The molecular weight excluding hydrogens is 675 g/mol. The van der Waals surface area contributed by atoms with Gasteiger partial charge in [0.05, 0.1) is 11.1 Å². The highest BCUT2D eigenvalue weighted by molar-refractivity contribution is 6.74. The van der Waals surface area contributed by atoms with Crippen LogP contribution in [0.1, 0.15) is 76.4 Å². The molecule has 3 aromatic carbocycles. The zero-order valence-electron chi connectivity index (χ0n) is 29.6. The van der Waals surface area contributed by atoms with Gasteiger partial charge in [0, 0.05) is 22.4 Å². The highest BCUT2D eigenvalue weighted by atomic mass is 35.5. The van der Waals surface area contributed by atoms with Crippen LogP contribution in [0.4, 0.5) is 4.39 Å². The van der Waals surface area contributed by atoms with Gasteiger partial charge in [-0.05, 0) is 103 Å². The molecule has 0 spiro atoms. The molecule has 1 N–H and O–H groups in total. The number of benzene rings is 3. The van der Waals surface area contributed by atoms with Gasteiger partial charge in [0.15, 0.2) is 25.5 Å². The van der Waals surface area contributed by atoms with Crippen molar-refractivity contribution in [1.29, 1.82) is 0 Å². The number of carbonyl (C=O) groups excluding carboxylic acids is 2. The number of ketones is 2. The van der Waals surface area contributed by atoms with Crippen molar-refractivity contribution in [3.63, 3.8) is 0 Å². The number of aromatic nitrogens is 1. The molecule has 0 aliphatic heterocycles. The molecule has 0 fully saturated rings. The standard InChI is InChI=1S/C39H42ClFN2O6Si/c1-20-25-18-23(41)14-15-24(25)31(40)26-16-22-17-27-32(43(5)6)34-30(37(42-48-34)47-19-21-12-10-9-11-13-21)36(46)39(27,49-50(7,8)38(2,3)4)35(45)29(22)33(44)28(20)26/h9-15,18,22,27,32,45H,16-17,19H2,1-8H3/t22-,27-,32-,39-/m0/s1. The Kier molecular flexibility index (Phi) is 8.21. The van der Waals surface area contributed by atoms with E-state index in [0.29, 0.717) is 51.1 Å². The summed E-state index contributed by atoms with van der Waals surface area (Å²) in [6, 6.07) is 13.3. The summed E-state index contributed by atoms with van der Waals surface area (Å²) in [5.74, 6) is -2.58. The Morgan fingerprint density at radius 2 is 1.80 bits per heavy atom. The first-order valence-electron chi connectivity index (χ1n) is 17.0. The molecule has 0 unspecified atom stereocenters. The van der Waals surface area contributed by atoms with Crippen molar-refractivity contribution in [3.8, 4) is 5.88 Å². The van der Waals surface area contributed by atoms with E-state index < -0.39 is 49.2 Å². The Morgan fingerprint density at radius 1 is 1.10 bits per heavy atom. The number of aliphatic hydroxyl groups is 1. The first-order valence-corrected chi connectivity index (χ1v) is 20.2. The largest absolute Gasteiger partial charge is 0.508 e. The average molecular weight is 717 g/mol. The van der Waals surface area contributed by atoms with Gasteiger partial charge in [-0.15, -0.1) is 0 Å². The van der Waals surface area contributed by atoms with E-state index in [1.165, 1.54) is 12.1 Å². The lowest BCUT2D eigenvalue weighted by molar-refractivity contribution is -0.0480. The molecule has 4 aromatic rings. The van der Waals surface area contributed by atoms with Crippen LogP contribution in [-0.4, -0.2) is 54.7 Å². The summed E-state index contributed by atoms with van der Waals surface area (Å²) in [5.41, 5.74) is 0.749. The normalized spacial score (nSPS) is 23.5. The Balaban J connectivity index is 1.46. The highest BCUT2D eigenvalue weighted by Crippen LogP contribution is 2.60. The molecule has 4 atom stereocenters. The third-order valence-corrected chi connectivity index (χ3v) is 16.3. The molecule has 0 radical (unpaired) electrons. The molecule has 50 heavy (non-hydrogen) atoms. The fraction of sp³-hybridized carbons (Fsp3) is 0.410. The van der Waals surface area contributed by atoms with Gasteiger partial charge in [-0.25, -0.2) is 4.39 Å². The Hall–Kier alpha value is -3.83. The molecule has 0 amide bonds. The molecule has 3 aliphatic carbocycles. The van der Waals surface area contributed by atoms with Crippen LogP contribution in [-0.2, 0) is 17.5 Å². The number of aliphatic hydroxyl groups excluding tert-OH is 1. The van der Waals surface area contributed by atoms with Gasteiger partial charge in [0.2, 0.25) is 5.78 Å². The van der Waals surface area contributed by atoms with Crippen LogP contribution < -0.4 is 4.74 Å². The van der Waals surface area contributed by atoms with E-state index in [4.69, 9.17) is 25.3 Å². The predicted octanol–water partition coefficient (Wildman–Crippen LogP) is 8.95. The molecular formula is C39H42ClFN2O6Si. The maximum Gasteiger partial charge on any atom is 0.265 e. The van der Waals surface area contributed by atoms with Crippen LogP contribution in [0.2, 0.25) is 23.2 Å². The van der Waals surface area contributed by atoms with E-state index in [0.717, 1.165) is 5.56 Å². The first-order chi connectivity index (χ1) is 23.5. The number of fused-ring (bicyclic) bond motifs is 5. The minimum Gasteiger partial charge on any atom is -0.508 e. The van der Waals surface area contributed by atoms with Gasteiger partial charge in [-0.1, -0.05) is 62.7 Å². The minimum absolute atomic E-state index is 0.00808. The SMILES string of the molecule is Cc1c2c(c(Cl)c3ccc(F)cc13)C[C@H]1C[C@H]3[C@H](N(C)C)c4onc(OCc5ccccc5)c4C(=O)[C@@]3(O[Si](C)(C)C(C)(C)C)C(O)=C1C2=O. The second-order valence-corrected chi connectivity index (χ2v) is 20.8. The first kappa shape index (κ1) is 34.6. The molecule has 0 saturated heterocycles. The number of ether oxygens (including phenoxy) is 1. The number of allylic oxidation sites excluding steroid dienone is 1. The zero-order chi connectivity index (χ0) is 36.1. The number of rotatable bonds is 6. The third-order valence-electron chi connectivity index (χ3n) is 11.5. The van der Waals surface area contributed by atoms with Gasteiger partial charge in [0.1, 0.15) is 23.7 Å². The van der Waals surface area contributed by atoms with Crippen LogP contribution >= 0.6 is 11.6 Å². The highest BCUT2D eigenvalue weighted by Gasteiger charge is 2.67. The maximum absolute atomic E-state index is 15.3. The van der Waals surface area contributed by atoms with Gasteiger partial charge >= 0.3 is 0 Å². The molecule has 3 aliphatic rings. The maximum atomic E-state index is 15.3. The molecule has 11 heteroatoms. The fourth-order valence-corrected chi connectivity index (χ4v) is 9.80. The smallest absolute Gasteiger partial charge is 0.265 e. The monoisotopic (exact) mass is 716 g/mol. The van der Waals surface area contributed by atoms with Gasteiger partial charge in [-0.3, -0.25) is 14.5 Å². The van der Waals surface area contributed by atoms with Crippen molar-refractivity contribution in [3.05, 3.63) is 104 Å². The van der Waals surface area contributed by atoms with Crippen LogP contribution in [0, 0.1) is 24.6 Å². The number of aryl methyl sites for hydroxylation is 1. The Labute approximate surface area is 297 Å². The fourth-order valence-electron chi connectivity index (χ4n) is 8.01. The molecule has 7 rings (SSSR count). The predicted molar refractivity (Wildman–Crippen MR) is 192 cm³/mol. The second-order valence-electron chi connectivity index (χ2n) is 15.7. The van der Waals surface area contributed by atoms with Crippen molar-refractivity contribution in [2.24, 2.45) is 11.8 Å². The van der Waals surface area contributed by atoms with Gasteiger partial charge < -0.3 is 18.8 Å². The van der Waals surface area contributed by atoms with E-state index in [1.807, 2.05) is 62.4 Å². The van der Waals surface area contributed by atoms with Crippen molar-refractivity contribution >= 4 is 42.3 Å². The number of nitrogens with zero attached hydrogens (tertiary/aromatic N) is 2. The average Bonchev–Trinajstić information content (AvgIpc) is 3.47. The van der Waals surface area contributed by atoms with E-state index in [1.54, 1.807) is 13.0 Å². The van der Waals surface area contributed by atoms with Crippen LogP contribution in [0.25, 0.3) is 10.8 Å². The number of hydrogen-bond acceptors (Lipinski definition) is 8. The molecule has 8 nitrogen and oxygen atoms in total. The van der Waals surface area contributed by atoms with E-state index in [2.05, 4.69) is 25.9 Å². The quantitative estimate of drug-likeness (QED) is 0.197. The topological polar surface area (TPSA) is 102 Å². The third kappa shape index (κ3) is 5.01. The summed E-state index contributed by atoms with van der Waals surface area (Å²) in [4.78, 5) is 32.1. The van der Waals surface area contributed by atoms with Crippen LogP contribution in [0.5, 0.6) is 5.88 Å². The Morgan fingerprint density at radius 3 is 2.46 bits per heavy atom. The number of carbonyl (C=O) groups is 2. The van der Waals surface area contributed by atoms with Crippen molar-refractivity contribution in [2.75, 3.05) is 14.1 Å². The van der Waals surface area contributed by atoms with Crippen molar-refractivity contribution in [1.82, 2.24) is 10.1 Å². The lowest BCUT2D eigenvalue weighted by Gasteiger charge is -2.55. The van der Waals surface area contributed by atoms with Crippen molar-refractivity contribution < 1.29 is 32.8 Å². The lowest BCUT2D eigenvalue weighted by Crippen LogP contribution is -2.65. The van der Waals surface area contributed by atoms with E-state index in [-0.39, 0.29) is 34.4 Å². The number of Topliss-reactive ketones (excluding diaryl/α,β-unsaturated/α-hetero) is 2. The number of hydrogen-bond donors (Lipinski definition) is 1. The Bertz CT molecular complexity index is 2100. The minimum atomic E-state index is -2.86. The summed E-state index contributed by atoms with van der Waals surface area (Å²) >= 11 is 6.99. The molecule has 0 bridgehead atoms. The lowest BCUT2D eigenvalue weighted by atomic mass is 9.58. The zero-order valence-corrected chi connectivity index (χ0v) is 31.4. The van der Waals surface area contributed by atoms with Gasteiger partial charge in [-0.2, -0.15) is 0 Å². The van der Waals surface area contributed by atoms with E-state index in [9.17, 15) is 14.3 Å². The van der Waals surface area contributed by atoms with Gasteiger partial charge in [0.25, 0.3) is 5.88 Å². The summed E-state index contributed by atoms with van der Waals surface area (Å²) in [6.07, 6.45) is 0.675. The summed E-state index contributed by atoms with van der Waals surface area (Å²) in [5, 5.41) is 18.2. The molecule has 1 aromatic heterocycles. The van der Waals surface area contributed by atoms with Crippen LogP contribution in [0.15, 0.2) is 64.4 Å². The molecule has 0 saturated carbocycles. The molecule has 1 heterocycles. The second kappa shape index (κ2) is 11.9.